The summed E-state index contributed by atoms with van der Waals surface area (Å²) in [6.07, 6.45) is 0.139. The van der Waals surface area contributed by atoms with E-state index in [0.29, 0.717) is 35.3 Å². The van der Waals surface area contributed by atoms with Gasteiger partial charge in [-0.25, -0.2) is 0 Å². The standard InChI is InChI=1S/C22H17ClN2O7/c23-13-8-11(9-16-19(13)31-7-6-30-16)10-32-15-3-1-2-12-18(15)22(29)25(21(12)28)14-4-5-17(26)24-20(14)27/h1-3,8-9,14H,4-7,10H2,(H,24,26,27). The molecule has 1 fully saturated rings. The number of carbonyl (C=O) groups excluding carboxylic acids is 4. The zero-order valence-electron chi connectivity index (χ0n) is 16.7. The highest BCUT2D eigenvalue weighted by Crippen LogP contribution is 2.39. The van der Waals surface area contributed by atoms with E-state index in [-0.39, 0.29) is 36.3 Å². The number of amides is 4. The summed E-state index contributed by atoms with van der Waals surface area (Å²) in [7, 11) is 0. The Labute approximate surface area is 187 Å². The van der Waals surface area contributed by atoms with E-state index >= 15 is 0 Å². The Morgan fingerprint density at radius 1 is 1.09 bits per heavy atom. The summed E-state index contributed by atoms with van der Waals surface area (Å²) in [5.41, 5.74) is 0.930. The van der Waals surface area contributed by atoms with Crippen LogP contribution in [0.3, 0.4) is 0 Å². The molecule has 32 heavy (non-hydrogen) atoms. The minimum Gasteiger partial charge on any atom is -0.488 e. The van der Waals surface area contributed by atoms with Crippen molar-refractivity contribution in [1.29, 1.82) is 0 Å². The monoisotopic (exact) mass is 456 g/mol. The predicted molar refractivity (Wildman–Crippen MR) is 110 cm³/mol. The normalized spacial score (nSPS) is 19.7. The third-order valence-electron chi connectivity index (χ3n) is 5.48. The maximum Gasteiger partial charge on any atom is 0.266 e. The maximum absolute atomic E-state index is 13.1. The van der Waals surface area contributed by atoms with Crippen molar-refractivity contribution >= 4 is 35.2 Å². The van der Waals surface area contributed by atoms with Gasteiger partial charge >= 0.3 is 0 Å². The summed E-state index contributed by atoms with van der Waals surface area (Å²) in [5.74, 6) is -1.11. The Kier molecular flexibility index (Phi) is 4.97. The van der Waals surface area contributed by atoms with Crippen molar-refractivity contribution in [3.8, 4) is 17.2 Å². The Morgan fingerprint density at radius 3 is 2.72 bits per heavy atom. The van der Waals surface area contributed by atoms with Crippen molar-refractivity contribution in [3.63, 3.8) is 0 Å². The molecule has 1 atom stereocenters. The lowest BCUT2D eigenvalue weighted by molar-refractivity contribution is -0.136. The summed E-state index contributed by atoms with van der Waals surface area (Å²) < 4.78 is 16.9. The van der Waals surface area contributed by atoms with E-state index in [4.69, 9.17) is 25.8 Å². The highest BCUT2D eigenvalue weighted by atomic mass is 35.5. The summed E-state index contributed by atoms with van der Waals surface area (Å²) in [4.78, 5) is 50.6. The minimum absolute atomic E-state index is 0.0536. The summed E-state index contributed by atoms with van der Waals surface area (Å²) in [6, 6.07) is 7.08. The molecular formula is C22H17ClN2O7. The molecule has 3 heterocycles. The lowest BCUT2D eigenvalue weighted by Crippen LogP contribution is -2.54. The van der Waals surface area contributed by atoms with Crippen LogP contribution in [0.15, 0.2) is 30.3 Å². The summed E-state index contributed by atoms with van der Waals surface area (Å²) >= 11 is 6.27. The maximum atomic E-state index is 13.1. The Bertz CT molecular complexity index is 1180. The molecule has 9 nitrogen and oxygen atoms in total. The second-order valence-corrected chi connectivity index (χ2v) is 7.92. The number of hydrogen-bond acceptors (Lipinski definition) is 7. The van der Waals surface area contributed by atoms with E-state index in [1.54, 1.807) is 24.3 Å². The molecule has 3 aliphatic rings. The second-order valence-electron chi connectivity index (χ2n) is 7.52. The van der Waals surface area contributed by atoms with Crippen LogP contribution < -0.4 is 19.5 Å². The zero-order valence-corrected chi connectivity index (χ0v) is 17.4. The van der Waals surface area contributed by atoms with Gasteiger partial charge in [-0.1, -0.05) is 17.7 Å². The highest BCUT2D eigenvalue weighted by molar-refractivity contribution is 6.32. The number of halogens is 1. The molecule has 3 aliphatic heterocycles. The van der Waals surface area contributed by atoms with Crippen molar-refractivity contribution in [2.75, 3.05) is 13.2 Å². The van der Waals surface area contributed by atoms with Crippen molar-refractivity contribution in [2.24, 2.45) is 0 Å². The quantitative estimate of drug-likeness (QED) is 0.701. The van der Waals surface area contributed by atoms with E-state index in [2.05, 4.69) is 5.32 Å². The van der Waals surface area contributed by atoms with Crippen LogP contribution in [0.1, 0.15) is 39.1 Å². The lowest BCUT2D eigenvalue weighted by atomic mass is 10.0. The van der Waals surface area contributed by atoms with Gasteiger partial charge in [0.05, 0.1) is 16.1 Å². The van der Waals surface area contributed by atoms with Crippen LogP contribution in [0, 0.1) is 0 Å². The Hall–Kier alpha value is -3.59. The number of hydrogen-bond donors (Lipinski definition) is 1. The predicted octanol–water partition coefficient (Wildman–Crippen LogP) is 2.09. The number of rotatable bonds is 4. The van der Waals surface area contributed by atoms with Gasteiger partial charge < -0.3 is 14.2 Å². The number of carbonyl (C=O) groups is 4. The van der Waals surface area contributed by atoms with Crippen LogP contribution in [-0.4, -0.2) is 47.8 Å². The van der Waals surface area contributed by atoms with E-state index in [9.17, 15) is 19.2 Å². The van der Waals surface area contributed by atoms with Crippen LogP contribution >= 0.6 is 11.6 Å². The van der Waals surface area contributed by atoms with Crippen molar-refractivity contribution in [2.45, 2.75) is 25.5 Å². The van der Waals surface area contributed by atoms with E-state index in [1.807, 2.05) is 0 Å². The average molecular weight is 457 g/mol. The second kappa shape index (κ2) is 7.83. The first-order chi connectivity index (χ1) is 15.4. The van der Waals surface area contributed by atoms with Crippen molar-refractivity contribution in [1.82, 2.24) is 10.2 Å². The molecule has 2 aromatic rings. The molecule has 1 unspecified atom stereocenters. The van der Waals surface area contributed by atoms with Crippen molar-refractivity contribution < 1.29 is 33.4 Å². The van der Waals surface area contributed by atoms with Gasteiger partial charge in [0, 0.05) is 6.42 Å². The Morgan fingerprint density at radius 2 is 1.91 bits per heavy atom. The topological polar surface area (TPSA) is 111 Å². The molecule has 0 aromatic heterocycles. The number of fused-ring (bicyclic) bond motifs is 2. The van der Waals surface area contributed by atoms with E-state index in [1.165, 1.54) is 6.07 Å². The lowest BCUT2D eigenvalue weighted by Gasteiger charge is -2.27. The molecule has 5 rings (SSSR count). The average Bonchev–Trinajstić information content (AvgIpc) is 3.03. The van der Waals surface area contributed by atoms with Crippen LogP contribution in [0.25, 0.3) is 0 Å². The smallest absolute Gasteiger partial charge is 0.266 e. The zero-order chi connectivity index (χ0) is 22.4. The van der Waals surface area contributed by atoms with Gasteiger partial charge in [-0.05, 0) is 36.2 Å². The molecule has 164 valence electrons. The fourth-order valence-corrected chi connectivity index (χ4v) is 4.30. The first kappa shape index (κ1) is 20.3. The molecule has 2 aromatic carbocycles. The van der Waals surface area contributed by atoms with Crippen LogP contribution in [0.2, 0.25) is 5.02 Å². The Balaban J connectivity index is 1.40. The van der Waals surface area contributed by atoms with Crippen LogP contribution in [0.5, 0.6) is 17.2 Å². The molecular weight excluding hydrogens is 440 g/mol. The fourth-order valence-electron chi connectivity index (χ4n) is 4.01. The molecule has 0 radical (unpaired) electrons. The minimum atomic E-state index is -1.04. The molecule has 0 bridgehead atoms. The molecule has 1 saturated heterocycles. The molecule has 0 spiro atoms. The number of nitrogens with one attached hydrogen (secondary N) is 1. The van der Waals surface area contributed by atoms with Gasteiger partial charge in [0.15, 0.2) is 11.5 Å². The van der Waals surface area contributed by atoms with Crippen molar-refractivity contribution in [3.05, 3.63) is 52.0 Å². The molecule has 0 aliphatic carbocycles. The third-order valence-corrected chi connectivity index (χ3v) is 5.76. The van der Waals surface area contributed by atoms with Gasteiger partial charge in [-0.3, -0.25) is 29.4 Å². The third kappa shape index (κ3) is 3.34. The SMILES string of the molecule is O=C1CCC(N2C(=O)c3cccc(OCc4cc(Cl)c5c(c4)OCCO5)c3C2=O)C(=O)N1. The van der Waals surface area contributed by atoms with Gasteiger partial charge in [-0.15, -0.1) is 0 Å². The van der Waals surface area contributed by atoms with Crippen LogP contribution in [-0.2, 0) is 16.2 Å². The highest BCUT2D eigenvalue weighted by Gasteiger charge is 2.46. The number of nitrogens with zero attached hydrogens (tertiary/aromatic N) is 1. The number of benzene rings is 2. The van der Waals surface area contributed by atoms with E-state index in [0.717, 1.165) is 4.90 Å². The van der Waals surface area contributed by atoms with Gasteiger partial charge in [0.1, 0.15) is 31.6 Å². The fraction of sp³-hybridized carbons (Fsp3) is 0.273. The summed E-state index contributed by atoms with van der Waals surface area (Å²) in [5, 5.41) is 2.56. The summed E-state index contributed by atoms with van der Waals surface area (Å²) in [6.45, 7) is 0.887. The number of imide groups is 2. The molecule has 4 amide bonds. The first-order valence-corrected chi connectivity index (χ1v) is 10.4. The van der Waals surface area contributed by atoms with Gasteiger partial charge in [-0.2, -0.15) is 0 Å². The number of ether oxygens (including phenoxy) is 3. The number of piperidine rings is 1. The van der Waals surface area contributed by atoms with Crippen LogP contribution in [0.4, 0.5) is 0 Å². The largest absolute Gasteiger partial charge is 0.488 e. The molecule has 10 heteroatoms. The molecule has 1 N–H and O–H groups in total. The first-order valence-electron chi connectivity index (χ1n) is 9.99. The van der Waals surface area contributed by atoms with Gasteiger partial charge in [0.25, 0.3) is 11.8 Å². The van der Waals surface area contributed by atoms with E-state index < -0.39 is 29.7 Å². The van der Waals surface area contributed by atoms with Gasteiger partial charge in [0.2, 0.25) is 11.8 Å². The molecule has 0 saturated carbocycles.